The second-order valence-electron chi connectivity index (χ2n) is 14.0. The number of anilines is 6. The van der Waals surface area contributed by atoms with Crippen LogP contribution in [0, 0.1) is 0 Å². The summed E-state index contributed by atoms with van der Waals surface area (Å²) in [6.07, 6.45) is 7.33. The Morgan fingerprint density at radius 2 is 0.964 bits per heavy atom. The summed E-state index contributed by atoms with van der Waals surface area (Å²) in [6.45, 7) is 0. The molecule has 0 spiro atoms. The molecule has 1 unspecified atom stereocenters. The number of para-hydroxylation sites is 3. The number of hydrogen-bond donors (Lipinski definition) is 0. The Morgan fingerprint density at radius 1 is 0.446 bits per heavy atom. The average Bonchev–Trinajstić information content (AvgIpc) is 3.27. The van der Waals surface area contributed by atoms with Gasteiger partial charge in [-0.05, 0) is 129 Å². The van der Waals surface area contributed by atoms with Crippen molar-refractivity contribution in [3.63, 3.8) is 0 Å². The highest BCUT2D eigenvalue weighted by atomic mass is 16.5. The van der Waals surface area contributed by atoms with Gasteiger partial charge in [0.25, 0.3) is 0 Å². The molecule has 56 heavy (non-hydrogen) atoms. The largest absolute Gasteiger partial charge is 0.501 e. The minimum atomic E-state index is 0.155. The van der Waals surface area contributed by atoms with Crippen molar-refractivity contribution in [1.82, 2.24) is 0 Å². The maximum atomic E-state index is 5.79. The third kappa shape index (κ3) is 6.56. The molecule has 0 fully saturated rings. The topological polar surface area (TPSA) is 24.9 Å². The van der Waals surface area contributed by atoms with E-state index in [1.165, 1.54) is 32.7 Å². The van der Waals surface area contributed by atoms with Gasteiger partial charge in [-0.15, -0.1) is 0 Å². The molecule has 0 bridgehead atoms. The molecule has 0 radical (unpaired) electrons. The SMILES string of the molecule is COC1=CC=CC(c2c3ccccc3c(-c3cccc(OC)c3)c3cc(N(c4ccccc4)c4ccc(N(c5ccccc5)c5ccccc5)cc4)ccc23)C1. The predicted molar refractivity (Wildman–Crippen MR) is 234 cm³/mol. The van der Waals surface area contributed by atoms with Crippen LogP contribution < -0.4 is 14.5 Å². The lowest BCUT2D eigenvalue weighted by Crippen LogP contribution is -2.12. The van der Waals surface area contributed by atoms with Crippen molar-refractivity contribution in [2.45, 2.75) is 12.3 Å². The number of allylic oxidation sites excluding steroid dienone is 4. The number of fused-ring (bicyclic) bond motifs is 2. The third-order valence-electron chi connectivity index (χ3n) is 10.8. The van der Waals surface area contributed by atoms with Crippen molar-refractivity contribution < 1.29 is 9.47 Å². The van der Waals surface area contributed by atoms with E-state index in [0.29, 0.717) is 0 Å². The van der Waals surface area contributed by atoms with Crippen molar-refractivity contribution >= 4 is 55.7 Å². The Bertz CT molecular complexity index is 2650. The first-order valence-corrected chi connectivity index (χ1v) is 19.1. The van der Waals surface area contributed by atoms with Gasteiger partial charge in [-0.25, -0.2) is 0 Å². The van der Waals surface area contributed by atoms with E-state index >= 15 is 0 Å². The van der Waals surface area contributed by atoms with Crippen LogP contribution in [0.3, 0.4) is 0 Å². The number of ether oxygens (including phenoxy) is 2. The second kappa shape index (κ2) is 15.4. The van der Waals surface area contributed by atoms with Crippen LogP contribution in [0.2, 0.25) is 0 Å². The smallest absolute Gasteiger partial charge is 0.119 e. The van der Waals surface area contributed by atoms with Gasteiger partial charge in [-0.2, -0.15) is 0 Å². The van der Waals surface area contributed by atoms with Crippen LogP contribution in [-0.2, 0) is 4.74 Å². The van der Waals surface area contributed by atoms with E-state index in [1.54, 1.807) is 14.2 Å². The maximum Gasteiger partial charge on any atom is 0.119 e. The van der Waals surface area contributed by atoms with Gasteiger partial charge < -0.3 is 19.3 Å². The van der Waals surface area contributed by atoms with Crippen molar-refractivity contribution in [3.05, 3.63) is 212 Å². The molecular formula is C52H42N2O2. The zero-order chi connectivity index (χ0) is 37.8. The van der Waals surface area contributed by atoms with Gasteiger partial charge in [0.05, 0.1) is 20.0 Å². The molecule has 0 aromatic heterocycles. The standard InChI is InChI=1S/C52H42N2O2/c1-55-45-24-14-16-37(34-45)51-47-26-12-13-27-48(47)52(38-17-15-25-46(35-38)56-2)50-36-44(32-33-49(50)51)54(41-22-10-5-11-23-41)43-30-28-42(29-31-43)53(39-18-6-3-7-19-39)40-20-8-4-9-21-40/h3-33,35-37H,34H2,1-2H3. The zero-order valence-electron chi connectivity index (χ0n) is 31.5. The lowest BCUT2D eigenvalue weighted by Gasteiger charge is -2.29. The molecule has 1 aliphatic rings. The molecule has 0 saturated heterocycles. The highest BCUT2D eigenvalue weighted by Crippen LogP contribution is 2.47. The van der Waals surface area contributed by atoms with E-state index in [9.17, 15) is 0 Å². The fraction of sp³-hybridized carbons (Fsp3) is 0.0769. The molecule has 0 amide bonds. The van der Waals surface area contributed by atoms with Gasteiger partial charge in [0, 0.05) is 46.5 Å². The van der Waals surface area contributed by atoms with Gasteiger partial charge in [0.1, 0.15) is 5.75 Å². The molecule has 0 N–H and O–H groups in total. The lowest BCUT2D eigenvalue weighted by atomic mass is 9.81. The van der Waals surface area contributed by atoms with Gasteiger partial charge >= 0.3 is 0 Å². The van der Waals surface area contributed by atoms with E-state index in [-0.39, 0.29) is 5.92 Å². The van der Waals surface area contributed by atoms with Crippen LogP contribution in [0.4, 0.5) is 34.1 Å². The zero-order valence-corrected chi connectivity index (χ0v) is 31.5. The van der Waals surface area contributed by atoms with Gasteiger partial charge in [-0.3, -0.25) is 0 Å². The summed E-state index contributed by atoms with van der Waals surface area (Å²) >= 11 is 0. The molecular weight excluding hydrogens is 685 g/mol. The van der Waals surface area contributed by atoms with Crippen LogP contribution in [0.25, 0.3) is 32.7 Å². The molecule has 1 aliphatic carbocycles. The molecule has 4 nitrogen and oxygen atoms in total. The summed E-state index contributed by atoms with van der Waals surface area (Å²) in [6, 6.07) is 64.8. The second-order valence-corrected chi connectivity index (χ2v) is 14.0. The van der Waals surface area contributed by atoms with Crippen molar-refractivity contribution in [2.75, 3.05) is 24.0 Å². The van der Waals surface area contributed by atoms with Gasteiger partial charge in [0.15, 0.2) is 0 Å². The number of nitrogens with zero attached hydrogens (tertiary/aromatic N) is 2. The van der Waals surface area contributed by atoms with E-state index in [1.807, 2.05) is 6.07 Å². The summed E-state index contributed by atoms with van der Waals surface area (Å²) in [5.74, 6) is 1.97. The first-order valence-electron chi connectivity index (χ1n) is 19.1. The highest BCUT2D eigenvalue weighted by molar-refractivity contribution is 6.16. The molecule has 1 atom stereocenters. The fourth-order valence-electron chi connectivity index (χ4n) is 8.20. The van der Waals surface area contributed by atoms with Crippen molar-refractivity contribution in [3.8, 4) is 16.9 Å². The first-order chi connectivity index (χ1) is 27.7. The number of benzene rings is 8. The van der Waals surface area contributed by atoms with Crippen molar-refractivity contribution in [1.29, 1.82) is 0 Å². The lowest BCUT2D eigenvalue weighted by molar-refractivity contribution is 0.273. The molecule has 0 aliphatic heterocycles. The Hall–Kier alpha value is -7.04. The minimum absolute atomic E-state index is 0.155. The van der Waals surface area contributed by atoms with Gasteiger partial charge in [-0.1, -0.05) is 109 Å². The van der Waals surface area contributed by atoms with Crippen LogP contribution in [0.1, 0.15) is 17.9 Å². The normalized spacial score (nSPS) is 13.7. The molecule has 0 heterocycles. The Morgan fingerprint density at radius 3 is 1.55 bits per heavy atom. The molecule has 272 valence electrons. The highest BCUT2D eigenvalue weighted by Gasteiger charge is 2.24. The van der Waals surface area contributed by atoms with E-state index in [2.05, 4.69) is 204 Å². The monoisotopic (exact) mass is 726 g/mol. The molecule has 0 saturated carbocycles. The molecule has 4 heteroatoms. The summed E-state index contributed by atoms with van der Waals surface area (Å²) < 4.78 is 11.6. The van der Waals surface area contributed by atoms with Crippen LogP contribution in [-0.4, -0.2) is 14.2 Å². The average molecular weight is 727 g/mol. The van der Waals surface area contributed by atoms with E-state index < -0.39 is 0 Å². The molecule has 9 rings (SSSR count). The van der Waals surface area contributed by atoms with E-state index in [0.717, 1.165) is 57.6 Å². The van der Waals surface area contributed by atoms with Crippen LogP contribution in [0.5, 0.6) is 5.75 Å². The predicted octanol–water partition coefficient (Wildman–Crippen LogP) is 14.2. The maximum absolute atomic E-state index is 5.79. The number of methoxy groups -OCH3 is 2. The summed E-state index contributed by atoms with van der Waals surface area (Å²) in [5.41, 5.74) is 10.1. The third-order valence-corrected chi connectivity index (χ3v) is 10.8. The van der Waals surface area contributed by atoms with E-state index in [4.69, 9.17) is 9.47 Å². The summed E-state index contributed by atoms with van der Waals surface area (Å²) in [4.78, 5) is 4.65. The number of rotatable bonds is 10. The summed E-state index contributed by atoms with van der Waals surface area (Å²) in [7, 11) is 3.50. The molecule has 8 aromatic carbocycles. The fourth-order valence-corrected chi connectivity index (χ4v) is 8.20. The quantitative estimate of drug-likeness (QED) is 0.131. The van der Waals surface area contributed by atoms with Crippen molar-refractivity contribution in [2.24, 2.45) is 0 Å². The Kier molecular flexibility index (Phi) is 9.53. The Labute approximate surface area is 328 Å². The van der Waals surface area contributed by atoms with Crippen LogP contribution in [0.15, 0.2) is 206 Å². The van der Waals surface area contributed by atoms with Crippen LogP contribution >= 0.6 is 0 Å². The first kappa shape index (κ1) is 34.7. The summed E-state index contributed by atoms with van der Waals surface area (Å²) in [5, 5.41) is 4.86. The van der Waals surface area contributed by atoms with Gasteiger partial charge in [0.2, 0.25) is 0 Å². The number of hydrogen-bond acceptors (Lipinski definition) is 4. The Balaban J connectivity index is 1.25. The molecule has 8 aromatic rings. The minimum Gasteiger partial charge on any atom is -0.501 e.